The Balaban J connectivity index is 2.12. The van der Waals surface area contributed by atoms with Crippen molar-refractivity contribution in [3.8, 4) is 0 Å². The van der Waals surface area contributed by atoms with Crippen molar-refractivity contribution in [2.24, 2.45) is 0 Å². The van der Waals surface area contributed by atoms with Gasteiger partial charge < -0.3 is 9.42 Å². The van der Waals surface area contributed by atoms with Crippen LogP contribution in [-0.2, 0) is 0 Å². The molecule has 0 bridgehead atoms. The van der Waals surface area contributed by atoms with Gasteiger partial charge >= 0.3 is 0 Å². The molecular formula is C13H20N2O2. The molecule has 0 radical (unpaired) electrons. The van der Waals surface area contributed by atoms with Gasteiger partial charge in [-0.15, -0.1) is 0 Å². The summed E-state index contributed by atoms with van der Waals surface area (Å²) in [5.41, 5.74) is 0.447. The Morgan fingerprint density at radius 1 is 1.53 bits per heavy atom. The fraction of sp³-hybridized carbons (Fsp3) is 0.692. The molecule has 0 aliphatic carbocycles. The number of amides is 1. The van der Waals surface area contributed by atoms with Gasteiger partial charge in [-0.3, -0.25) is 4.79 Å². The Labute approximate surface area is 102 Å². The molecule has 17 heavy (non-hydrogen) atoms. The molecule has 4 heteroatoms. The Kier molecular flexibility index (Phi) is 3.50. The molecule has 1 aliphatic rings. The van der Waals surface area contributed by atoms with Crippen LogP contribution >= 0.6 is 0 Å². The van der Waals surface area contributed by atoms with E-state index in [9.17, 15) is 4.79 Å². The van der Waals surface area contributed by atoms with Crippen LogP contribution in [0.15, 0.2) is 10.6 Å². The highest BCUT2D eigenvalue weighted by molar-refractivity contribution is 5.92. The fourth-order valence-electron chi connectivity index (χ4n) is 2.21. The van der Waals surface area contributed by atoms with Gasteiger partial charge in [0.2, 0.25) is 0 Å². The van der Waals surface area contributed by atoms with Crippen LogP contribution in [0.2, 0.25) is 0 Å². The first-order valence-corrected chi connectivity index (χ1v) is 6.37. The summed E-state index contributed by atoms with van der Waals surface area (Å²) in [4.78, 5) is 14.2. The molecule has 0 saturated carbocycles. The van der Waals surface area contributed by atoms with Crippen molar-refractivity contribution in [2.45, 2.75) is 52.0 Å². The summed E-state index contributed by atoms with van der Waals surface area (Å²) in [5, 5.41) is 3.88. The van der Waals surface area contributed by atoms with Crippen LogP contribution in [0.3, 0.4) is 0 Å². The molecular weight excluding hydrogens is 216 g/mol. The second-order valence-electron chi connectivity index (χ2n) is 5.11. The van der Waals surface area contributed by atoms with E-state index in [1.807, 2.05) is 18.7 Å². The Bertz CT molecular complexity index is 398. The van der Waals surface area contributed by atoms with Crippen molar-refractivity contribution in [3.63, 3.8) is 0 Å². The lowest BCUT2D eigenvalue weighted by Gasteiger charge is -2.32. The largest absolute Gasteiger partial charge is 0.360 e. The minimum absolute atomic E-state index is 0.00727. The Morgan fingerprint density at radius 2 is 2.29 bits per heavy atom. The maximum atomic E-state index is 12.2. The van der Waals surface area contributed by atoms with Crippen LogP contribution in [0.25, 0.3) is 0 Å². The van der Waals surface area contributed by atoms with E-state index in [0.29, 0.717) is 11.7 Å². The van der Waals surface area contributed by atoms with Crippen molar-refractivity contribution >= 4 is 5.91 Å². The van der Waals surface area contributed by atoms with Gasteiger partial charge in [0, 0.05) is 24.6 Å². The van der Waals surface area contributed by atoms with Crippen molar-refractivity contribution in [1.29, 1.82) is 0 Å². The lowest BCUT2D eigenvalue weighted by molar-refractivity contribution is 0.0625. The number of rotatable bonds is 2. The third-order valence-corrected chi connectivity index (χ3v) is 3.38. The molecule has 1 aliphatic heterocycles. The monoisotopic (exact) mass is 236 g/mol. The zero-order valence-electron chi connectivity index (χ0n) is 10.8. The van der Waals surface area contributed by atoms with E-state index in [-0.39, 0.29) is 11.8 Å². The first kappa shape index (κ1) is 12.1. The molecule has 1 aromatic rings. The van der Waals surface area contributed by atoms with Gasteiger partial charge in [0.05, 0.1) is 0 Å². The summed E-state index contributed by atoms with van der Waals surface area (Å²) in [6.07, 6.45) is 3.38. The molecule has 0 spiro atoms. The lowest BCUT2D eigenvalue weighted by atomic mass is 10.0. The van der Waals surface area contributed by atoms with Crippen molar-refractivity contribution in [3.05, 3.63) is 17.5 Å². The first-order chi connectivity index (χ1) is 8.09. The summed E-state index contributed by atoms with van der Waals surface area (Å²) < 4.78 is 5.18. The third kappa shape index (κ3) is 2.51. The molecule has 4 nitrogen and oxygen atoms in total. The minimum atomic E-state index is 0.00727. The Morgan fingerprint density at radius 3 is 2.88 bits per heavy atom. The summed E-state index contributed by atoms with van der Waals surface area (Å²) in [7, 11) is 0. The number of carbonyl (C=O) groups excluding carboxylic acids is 1. The molecule has 94 valence electrons. The van der Waals surface area contributed by atoms with Crippen LogP contribution in [0, 0.1) is 0 Å². The van der Waals surface area contributed by atoms with Gasteiger partial charge in [-0.25, -0.2) is 0 Å². The van der Waals surface area contributed by atoms with E-state index in [4.69, 9.17) is 4.52 Å². The zero-order chi connectivity index (χ0) is 12.4. The molecule has 0 unspecified atom stereocenters. The van der Waals surface area contributed by atoms with Gasteiger partial charge in [-0.1, -0.05) is 19.0 Å². The molecule has 1 amide bonds. The molecule has 2 heterocycles. The topological polar surface area (TPSA) is 46.3 Å². The van der Waals surface area contributed by atoms with E-state index < -0.39 is 0 Å². The fourth-order valence-corrected chi connectivity index (χ4v) is 2.21. The average Bonchev–Trinajstić information content (AvgIpc) is 2.78. The number of likely N-dealkylation sites (tertiary alicyclic amines) is 1. The van der Waals surface area contributed by atoms with E-state index >= 15 is 0 Å². The van der Waals surface area contributed by atoms with E-state index in [0.717, 1.165) is 25.1 Å². The summed E-state index contributed by atoms with van der Waals surface area (Å²) >= 11 is 0. The predicted molar refractivity (Wildman–Crippen MR) is 64.9 cm³/mol. The number of hydrogen-bond donors (Lipinski definition) is 0. The number of carbonyl (C=O) groups is 1. The van der Waals surface area contributed by atoms with Crippen LogP contribution in [0.5, 0.6) is 0 Å². The second-order valence-corrected chi connectivity index (χ2v) is 5.11. The van der Waals surface area contributed by atoms with Crippen LogP contribution in [0.4, 0.5) is 0 Å². The molecule has 0 aromatic carbocycles. The van der Waals surface area contributed by atoms with Crippen LogP contribution < -0.4 is 0 Å². The van der Waals surface area contributed by atoms with Gasteiger partial charge in [0.15, 0.2) is 5.69 Å². The smallest absolute Gasteiger partial charge is 0.276 e. The first-order valence-electron chi connectivity index (χ1n) is 6.37. The quantitative estimate of drug-likeness (QED) is 0.793. The molecule has 2 rings (SSSR count). The maximum Gasteiger partial charge on any atom is 0.276 e. The highest BCUT2D eigenvalue weighted by atomic mass is 16.5. The summed E-state index contributed by atoms with van der Waals surface area (Å²) in [5.74, 6) is 1.05. The highest BCUT2D eigenvalue weighted by Gasteiger charge is 2.26. The van der Waals surface area contributed by atoms with E-state index in [2.05, 4.69) is 12.1 Å². The SMILES string of the molecule is CC(C)c1cc(C(=O)N2CCCC[C@H]2C)no1. The van der Waals surface area contributed by atoms with Crippen LogP contribution in [0.1, 0.15) is 62.2 Å². The Hall–Kier alpha value is -1.32. The number of aromatic nitrogens is 1. The number of piperidine rings is 1. The standard InChI is InChI=1S/C13H20N2O2/c1-9(2)12-8-11(14-17-12)13(16)15-7-5-4-6-10(15)3/h8-10H,4-7H2,1-3H3/t10-/m1/s1. The van der Waals surface area contributed by atoms with Crippen molar-refractivity contribution in [1.82, 2.24) is 10.1 Å². The van der Waals surface area contributed by atoms with Gasteiger partial charge in [0.25, 0.3) is 5.91 Å². The summed E-state index contributed by atoms with van der Waals surface area (Å²) in [6.45, 7) is 6.99. The molecule has 1 saturated heterocycles. The highest BCUT2D eigenvalue weighted by Crippen LogP contribution is 2.21. The number of hydrogen-bond acceptors (Lipinski definition) is 3. The number of nitrogens with zero attached hydrogens (tertiary/aromatic N) is 2. The molecule has 1 aromatic heterocycles. The third-order valence-electron chi connectivity index (χ3n) is 3.38. The molecule has 1 atom stereocenters. The van der Waals surface area contributed by atoms with Gasteiger partial charge in [-0.2, -0.15) is 0 Å². The van der Waals surface area contributed by atoms with Crippen molar-refractivity contribution in [2.75, 3.05) is 6.54 Å². The van der Waals surface area contributed by atoms with Gasteiger partial charge in [-0.05, 0) is 26.2 Å². The summed E-state index contributed by atoms with van der Waals surface area (Å²) in [6, 6.07) is 2.09. The molecule has 1 fully saturated rings. The van der Waals surface area contributed by atoms with Gasteiger partial charge in [0.1, 0.15) is 5.76 Å². The predicted octanol–water partition coefficient (Wildman–Crippen LogP) is 2.81. The average molecular weight is 236 g/mol. The lowest BCUT2D eigenvalue weighted by Crippen LogP contribution is -2.42. The van der Waals surface area contributed by atoms with E-state index in [1.54, 1.807) is 6.07 Å². The molecule has 0 N–H and O–H groups in total. The minimum Gasteiger partial charge on any atom is -0.360 e. The van der Waals surface area contributed by atoms with E-state index in [1.165, 1.54) is 6.42 Å². The maximum absolute atomic E-state index is 12.2. The zero-order valence-corrected chi connectivity index (χ0v) is 10.8. The second kappa shape index (κ2) is 4.90. The van der Waals surface area contributed by atoms with Crippen LogP contribution in [-0.4, -0.2) is 28.6 Å². The normalized spacial score (nSPS) is 20.9. The van der Waals surface area contributed by atoms with Crippen molar-refractivity contribution < 1.29 is 9.32 Å².